The monoisotopic (exact) mass is 190 g/mol. The minimum Gasteiger partial charge on any atom is -0.550 e. The Bertz CT molecular complexity index is 56.9. The molecule has 0 rings (SSSR count). The Morgan fingerprint density at radius 2 is 2.14 bits per heavy atom. The first-order valence-corrected chi connectivity index (χ1v) is 2.65. The molecule has 0 spiro atoms. The van der Waals surface area contributed by atoms with Gasteiger partial charge in [0.25, 0.3) is 0 Å². The molecule has 2 nitrogen and oxygen atoms in total. The van der Waals surface area contributed by atoms with E-state index in [-0.39, 0.29) is 57.8 Å². The van der Waals surface area contributed by atoms with Gasteiger partial charge in [-0.3, -0.25) is 0 Å². The molecule has 7 heavy (non-hydrogen) atoms. The molecule has 0 saturated heterocycles. The van der Waals surface area contributed by atoms with Crippen LogP contribution in [0.4, 0.5) is 0 Å². The summed E-state index contributed by atoms with van der Waals surface area (Å²) in [6.07, 6.45) is 0.0972. The van der Waals surface area contributed by atoms with Gasteiger partial charge in [0.15, 0.2) is 0 Å². The second-order valence-electron chi connectivity index (χ2n) is 0.811. The van der Waals surface area contributed by atoms with Gasteiger partial charge in [-0.1, -0.05) is 15.9 Å². The van der Waals surface area contributed by atoms with Crippen molar-refractivity contribution in [3.05, 3.63) is 0 Å². The molecule has 0 N–H and O–H groups in total. The SMILES string of the molecule is O=C([O-])CCBr.[K+]. The van der Waals surface area contributed by atoms with Gasteiger partial charge in [-0.05, 0) is 6.42 Å². The molecule has 0 aliphatic carbocycles. The van der Waals surface area contributed by atoms with Crippen molar-refractivity contribution in [3.8, 4) is 0 Å². The van der Waals surface area contributed by atoms with E-state index in [0.29, 0.717) is 5.33 Å². The van der Waals surface area contributed by atoms with Crippen LogP contribution in [-0.4, -0.2) is 11.3 Å². The van der Waals surface area contributed by atoms with Gasteiger partial charge in [0.1, 0.15) is 0 Å². The van der Waals surface area contributed by atoms with Crippen molar-refractivity contribution in [1.82, 2.24) is 0 Å². The third kappa shape index (κ3) is 11.3. The van der Waals surface area contributed by atoms with Gasteiger partial charge in [0.2, 0.25) is 0 Å². The zero-order chi connectivity index (χ0) is 4.99. The number of hydrogen-bond acceptors (Lipinski definition) is 2. The van der Waals surface area contributed by atoms with Gasteiger partial charge in [-0.15, -0.1) is 0 Å². The fourth-order valence-corrected chi connectivity index (χ4v) is 0.401. The Kier molecular flexibility index (Phi) is 12.3. The van der Waals surface area contributed by atoms with Crippen LogP contribution in [0.5, 0.6) is 0 Å². The molecule has 4 heteroatoms. The number of rotatable bonds is 2. The van der Waals surface area contributed by atoms with Crippen LogP contribution in [-0.2, 0) is 4.79 Å². The van der Waals surface area contributed by atoms with Crippen LogP contribution in [0.3, 0.4) is 0 Å². The summed E-state index contributed by atoms with van der Waals surface area (Å²) in [5.74, 6) is -1.01. The number of aliphatic carboxylic acids is 1. The standard InChI is InChI=1S/C3H5BrO2.K/c4-2-1-3(5)6;/h1-2H2,(H,5,6);/q;+1/p-1. The zero-order valence-corrected chi connectivity index (χ0v) is 8.82. The topological polar surface area (TPSA) is 40.1 Å². The van der Waals surface area contributed by atoms with E-state index >= 15 is 0 Å². The first-order valence-electron chi connectivity index (χ1n) is 1.53. The molecule has 0 fully saturated rings. The Balaban J connectivity index is 0. The molecule has 0 unspecified atom stereocenters. The summed E-state index contributed by atoms with van der Waals surface area (Å²) in [7, 11) is 0. The smallest absolute Gasteiger partial charge is 0.550 e. The van der Waals surface area contributed by atoms with Crippen molar-refractivity contribution in [1.29, 1.82) is 0 Å². The van der Waals surface area contributed by atoms with E-state index < -0.39 is 5.97 Å². The molecule has 0 bridgehead atoms. The van der Waals surface area contributed by atoms with Crippen molar-refractivity contribution >= 4 is 21.9 Å². The number of halogens is 1. The van der Waals surface area contributed by atoms with Crippen molar-refractivity contribution < 1.29 is 61.3 Å². The van der Waals surface area contributed by atoms with E-state index in [9.17, 15) is 9.90 Å². The minimum absolute atomic E-state index is 0. The van der Waals surface area contributed by atoms with Crippen LogP contribution >= 0.6 is 15.9 Å². The number of carbonyl (C=O) groups excluding carboxylic acids is 1. The van der Waals surface area contributed by atoms with Crippen LogP contribution in [0, 0.1) is 0 Å². The predicted molar refractivity (Wildman–Crippen MR) is 23.4 cm³/mol. The van der Waals surface area contributed by atoms with Gasteiger partial charge in [-0.25, -0.2) is 0 Å². The quantitative estimate of drug-likeness (QED) is 0.336. The normalized spacial score (nSPS) is 7.00. The molecule has 0 aromatic heterocycles. The van der Waals surface area contributed by atoms with E-state index in [0.717, 1.165) is 0 Å². The molecule has 0 aliphatic heterocycles. The number of alkyl halides is 1. The molecule has 36 valence electrons. The Labute approximate surface area is 93.2 Å². The second kappa shape index (κ2) is 7.59. The van der Waals surface area contributed by atoms with E-state index in [1.165, 1.54) is 0 Å². The number of carboxylic acid groups (broad SMARTS) is 1. The summed E-state index contributed by atoms with van der Waals surface area (Å²) in [5, 5.41) is 9.94. The third-order valence-corrected chi connectivity index (χ3v) is 0.695. The average Bonchev–Trinajstić information content (AvgIpc) is 1.35. The first-order chi connectivity index (χ1) is 2.77. The maximum atomic E-state index is 9.46. The Morgan fingerprint density at radius 3 is 2.14 bits per heavy atom. The average molecular weight is 191 g/mol. The molecule has 0 saturated carbocycles. The van der Waals surface area contributed by atoms with Crippen molar-refractivity contribution in [2.24, 2.45) is 0 Å². The van der Waals surface area contributed by atoms with Gasteiger partial charge in [0, 0.05) is 11.3 Å². The number of hydrogen-bond donors (Lipinski definition) is 0. The fourth-order valence-electron chi connectivity index (χ4n) is 0.0772. The summed E-state index contributed by atoms with van der Waals surface area (Å²) in [5.41, 5.74) is 0. The van der Waals surface area contributed by atoms with E-state index in [2.05, 4.69) is 15.9 Å². The molecule has 0 aromatic carbocycles. The summed E-state index contributed by atoms with van der Waals surface area (Å²) in [6.45, 7) is 0. The molecule has 0 aromatic rings. The van der Waals surface area contributed by atoms with E-state index in [1.54, 1.807) is 0 Å². The van der Waals surface area contributed by atoms with Gasteiger partial charge >= 0.3 is 51.4 Å². The van der Waals surface area contributed by atoms with Crippen LogP contribution < -0.4 is 56.5 Å². The van der Waals surface area contributed by atoms with Gasteiger partial charge in [-0.2, -0.15) is 0 Å². The van der Waals surface area contributed by atoms with Crippen molar-refractivity contribution in [2.45, 2.75) is 6.42 Å². The molecule has 0 atom stereocenters. The Hall–Kier alpha value is 1.59. The summed E-state index contributed by atoms with van der Waals surface area (Å²) in [4.78, 5) is 9.46. The van der Waals surface area contributed by atoms with Crippen LogP contribution in [0.25, 0.3) is 0 Å². The predicted octanol–water partition coefficient (Wildman–Crippen LogP) is -3.47. The van der Waals surface area contributed by atoms with Crippen molar-refractivity contribution in [2.75, 3.05) is 5.33 Å². The summed E-state index contributed by atoms with van der Waals surface area (Å²) in [6, 6.07) is 0. The zero-order valence-electron chi connectivity index (χ0n) is 4.11. The molecular weight excluding hydrogens is 187 g/mol. The second-order valence-corrected chi connectivity index (χ2v) is 1.60. The molecular formula is C3H4BrKO2. The molecule has 0 amide bonds. The van der Waals surface area contributed by atoms with Crippen LogP contribution in [0.15, 0.2) is 0 Å². The largest absolute Gasteiger partial charge is 1.00 e. The van der Waals surface area contributed by atoms with E-state index in [1.807, 2.05) is 0 Å². The summed E-state index contributed by atoms with van der Waals surface area (Å²) < 4.78 is 0. The van der Waals surface area contributed by atoms with E-state index in [4.69, 9.17) is 0 Å². The van der Waals surface area contributed by atoms with Crippen LogP contribution in [0.1, 0.15) is 6.42 Å². The molecule has 0 aliphatic rings. The molecule has 0 heterocycles. The van der Waals surface area contributed by atoms with Crippen LogP contribution in [0.2, 0.25) is 0 Å². The maximum Gasteiger partial charge on any atom is 1.00 e. The summed E-state index contributed by atoms with van der Waals surface area (Å²) >= 11 is 2.93. The number of carboxylic acids is 1. The van der Waals surface area contributed by atoms with Gasteiger partial charge in [0.05, 0.1) is 0 Å². The Morgan fingerprint density at radius 1 is 1.71 bits per heavy atom. The van der Waals surface area contributed by atoms with Gasteiger partial charge < -0.3 is 9.90 Å². The van der Waals surface area contributed by atoms with Crippen molar-refractivity contribution in [3.63, 3.8) is 0 Å². The maximum absolute atomic E-state index is 9.46. The fraction of sp³-hybridized carbons (Fsp3) is 0.667. The first kappa shape index (κ1) is 11.4. The third-order valence-electron chi connectivity index (χ3n) is 0.299. The molecule has 0 radical (unpaired) electrons. The number of carbonyl (C=O) groups is 1. The minimum atomic E-state index is -1.01.